The molecule has 4 N–H and O–H groups in total. The lowest BCUT2D eigenvalue weighted by atomic mass is 10.0. The predicted molar refractivity (Wildman–Crippen MR) is 249 cm³/mol. The first kappa shape index (κ1) is 58.7. The van der Waals surface area contributed by atoms with E-state index in [1.54, 1.807) is 0 Å². The van der Waals surface area contributed by atoms with Gasteiger partial charge in [-0.2, -0.15) is 0 Å². The largest absolute Gasteiger partial charge is 0.480 e. The fourth-order valence-corrected chi connectivity index (χ4v) is 7.50. The van der Waals surface area contributed by atoms with E-state index in [0.717, 1.165) is 64.2 Å². The molecule has 0 saturated heterocycles. The van der Waals surface area contributed by atoms with Crippen LogP contribution in [0.2, 0.25) is 0 Å². The summed E-state index contributed by atoms with van der Waals surface area (Å²) in [6.45, 7) is 2.77. The third kappa shape index (κ3) is 44.1. The molecule has 0 spiro atoms. The van der Waals surface area contributed by atoms with Gasteiger partial charge in [-0.1, -0.05) is 185 Å². The van der Waals surface area contributed by atoms with Crippen LogP contribution in [-0.2, 0) is 37.5 Å². The Morgan fingerprint density at radius 3 is 1.34 bits per heavy atom. The zero-order valence-electron chi connectivity index (χ0n) is 38.8. The maximum absolute atomic E-state index is 12.6. The predicted octanol–water partition coefficient (Wildman–Crippen LogP) is 13.6. The maximum Gasteiger partial charge on any atom is 0.472 e. The summed E-state index contributed by atoms with van der Waals surface area (Å²) < 4.78 is 32.8. The summed E-state index contributed by atoms with van der Waals surface area (Å²) in [5.41, 5.74) is 5.34. The average molecular weight is 884 g/mol. The number of nitrogens with two attached hydrogens (primary N) is 1. The minimum atomic E-state index is -4.72. The SMILES string of the molecule is CCCC/C=C\C/C=C\CCCCCCCC(=O)OC(COC(=O)CCCCCCCCCCCCC/C=C\CCCCCCCCCC)COP(=O)(O)OCC(N)C(=O)O. The molecule has 0 aromatic rings. The number of phosphoric ester groups is 1. The summed E-state index contributed by atoms with van der Waals surface area (Å²) in [6, 6.07) is -1.52. The highest BCUT2D eigenvalue weighted by Gasteiger charge is 2.28. The molecule has 0 heterocycles. The van der Waals surface area contributed by atoms with Crippen molar-refractivity contribution in [2.75, 3.05) is 19.8 Å². The standard InChI is InChI=1S/C49H90NO10P/c1-3-5-7-9-11-13-15-17-19-20-21-22-23-24-25-26-27-29-30-32-34-36-38-40-47(51)57-42-45(43-58-61(55,56)59-44-46(50)49(53)54)60-48(52)41-39-37-35-33-31-28-18-16-14-12-10-8-6-4-2/h10,12,16,18,20-21,45-46H,3-9,11,13-15,17,19,22-44,50H2,1-2H3,(H,53,54)(H,55,56)/b12-10-,18-16-,21-20-. The number of ether oxygens (including phenoxy) is 2. The first-order valence-electron chi connectivity index (χ1n) is 24.5. The average Bonchev–Trinajstić information content (AvgIpc) is 3.24. The second kappa shape index (κ2) is 44.3. The third-order valence-corrected chi connectivity index (χ3v) is 11.6. The molecule has 0 fully saturated rings. The van der Waals surface area contributed by atoms with Crippen molar-refractivity contribution in [2.24, 2.45) is 5.73 Å². The van der Waals surface area contributed by atoms with Crippen molar-refractivity contribution in [3.05, 3.63) is 36.5 Å². The quantitative estimate of drug-likeness (QED) is 0.0230. The lowest BCUT2D eigenvalue weighted by Gasteiger charge is -2.20. The highest BCUT2D eigenvalue weighted by Crippen LogP contribution is 2.43. The Kier molecular flexibility index (Phi) is 42.6. The molecule has 0 saturated carbocycles. The molecule has 0 aliphatic heterocycles. The second-order valence-electron chi connectivity index (χ2n) is 16.6. The number of hydrogen-bond acceptors (Lipinski definition) is 9. The van der Waals surface area contributed by atoms with Crippen LogP contribution in [0.5, 0.6) is 0 Å². The third-order valence-electron chi connectivity index (χ3n) is 10.6. The summed E-state index contributed by atoms with van der Waals surface area (Å²) in [4.78, 5) is 46.1. The number of esters is 2. The number of allylic oxidation sites excluding steroid dienone is 6. The Morgan fingerprint density at radius 1 is 0.508 bits per heavy atom. The minimum absolute atomic E-state index is 0.146. The van der Waals surface area contributed by atoms with Gasteiger partial charge in [0.05, 0.1) is 13.2 Å². The van der Waals surface area contributed by atoms with Crippen LogP contribution in [0.25, 0.3) is 0 Å². The molecule has 0 radical (unpaired) electrons. The van der Waals surface area contributed by atoms with Gasteiger partial charge in [0.15, 0.2) is 6.10 Å². The monoisotopic (exact) mass is 884 g/mol. The zero-order chi connectivity index (χ0) is 44.9. The van der Waals surface area contributed by atoms with Crippen LogP contribution >= 0.6 is 7.82 Å². The van der Waals surface area contributed by atoms with E-state index >= 15 is 0 Å². The number of unbranched alkanes of at least 4 members (excludes halogenated alkanes) is 26. The Hall–Kier alpha value is -2.30. The molecule has 0 aromatic heterocycles. The van der Waals surface area contributed by atoms with Gasteiger partial charge in [-0.25, -0.2) is 4.57 Å². The van der Waals surface area contributed by atoms with E-state index in [-0.39, 0.29) is 19.4 Å². The normalized spacial score (nSPS) is 13.9. The van der Waals surface area contributed by atoms with E-state index in [1.807, 2.05) is 0 Å². The van der Waals surface area contributed by atoms with Crippen LogP contribution in [0.3, 0.4) is 0 Å². The van der Waals surface area contributed by atoms with Crippen LogP contribution in [0, 0.1) is 0 Å². The van der Waals surface area contributed by atoms with Crippen LogP contribution in [0.4, 0.5) is 0 Å². The molecule has 61 heavy (non-hydrogen) atoms. The molecule has 0 rings (SSSR count). The Bertz CT molecular complexity index is 1180. The van der Waals surface area contributed by atoms with E-state index in [9.17, 15) is 23.8 Å². The number of carboxylic acids is 1. The number of phosphoric acid groups is 1. The molecule has 3 atom stereocenters. The lowest BCUT2D eigenvalue weighted by molar-refractivity contribution is -0.161. The van der Waals surface area contributed by atoms with Crippen LogP contribution < -0.4 is 5.73 Å². The molecule has 0 aliphatic carbocycles. The molecule has 0 aromatic carbocycles. The Balaban J connectivity index is 4.22. The first-order chi connectivity index (χ1) is 29.6. The van der Waals surface area contributed by atoms with E-state index in [0.29, 0.717) is 12.8 Å². The van der Waals surface area contributed by atoms with Crippen LogP contribution in [0.1, 0.15) is 226 Å². The van der Waals surface area contributed by atoms with Crippen LogP contribution in [-0.4, -0.2) is 59.9 Å². The van der Waals surface area contributed by atoms with E-state index in [2.05, 4.69) is 54.8 Å². The van der Waals surface area contributed by atoms with Crippen molar-refractivity contribution in [2.45, 2.75) is 238 Å². The van der Waals surface area contributed by atoms with E-state index in [1.165, 1.54) is 122 Å². The molecular weight excluding hydrogens is 794 g/mol. The van der Waals surface area contributed by atoms with Gasteiger partial charge in [-0.05, 0) is 64.2 Å². The minimum Gasteiger partial charge on any atom is -0.480 e. The van der Waals surface area contributed by atoms with Gasteiger partial charge >= 0.3 is 25.7 Å². The van der Waals surface area contributed by atoms with Crippen molar-refractivity contribution < 1.29 is 47.5 Å². The van der Waals surface area contributed by atoms with Gasteiger partial charge in [0.1, 0.15) is 12.6 Å². The van der Waals surface area contributed by atoms with Crippen molar-refractivity contribution in [3.63, 3.8) is 0 Å². The number of carboxylic acid groups (broad SMARTS) is 1. The van der Waals surface area contributed by atoms with Gasteiger partial charge in [-0.15, -0.1) is 0 Å². The van der Waals surface area contributed by atoms with Gasteiger partial charge in [0, 0.05) is 12.8 Å². The van der Waals surface area contributed by atoms with Crippen molar-refractivity contribution in [1.29, 1.82) is 0 Å². The van der Waals surface area contributed by atoms with Gasteiger partial charge in [0.25, 0.3) is 0 Å². The molecule has 11 nitrogen and oxygen atoms in total. The Labute approximate surface area is 372 Å². The number of aliphatic carboxylic acids is 1. The number of hydrogen-bond donors (Lipinski definition) is 3. The maximum atomic E-state index is 12.6. The molecular formula is C49H90NO10P. The van der Waals surface area contributed by atoms with Gasteiger partial charge < -0.3 is 25.2 Å². The summed E-state index contributed by atoms with van der Waals surface area (Å²) in [6.07, 6.45) is 49.3. The summed E-state index contributed by atoms with van der Waals surface area (Å²) in [5, 5.41) is 8.90. The number of carbonyl (C=O) groups is 3. The zero-order valence-corrected chi connectivity index (χ0v) is 39.7. The first-order valence-corrected chi connectivity index (χ1v) is 26.0. The smallest absolute Gasteiger partial charge is 0.472 e. The van der Waals surface area contributed by atoms with Crippen LogP contribution in [0.15, 0.2) is 36.5 Å². The highest BCUT2D eigenvalue weighted by molar-refractivity contribution is 7.47. The molecule has 0 amide bonds. The van der Waals surface area contributed by atoms with E-state index < -0.39 is 51.1 Å². The molecule has 0 bridgehead atoms. The summed E-state index contributed by atoms with van der Waals surface area (Å²) in [7, 11) is -4.72. The van der Waals surface area contributed by atoms with Crippen molar-refractivity contribution in [1.82, 2.24) is 0 Å². The lowest BCUT2D eigenvalue weighted by Crippen LogP contribution is -2.34. The molecule has 356 valence electrons. The van der Waals surface area contributed by atoms with Gasteiger partial charge in [-0.3, -0.25) is 23.4 Å². The van der Waals surface area contributed by atoms with Crippen molar-refractivity contribution >= 4 is 25.7 Å². The Morgan fingerprint density at radius 2 is 0.885 bits per heavy atom. The topological polar surface area (TPSA) is 172 Å². The van der Waals surface area contributed by atoms with Crippen molar-refractivity contribution in [3.8, 4) is 0 Å². The van der Waals surface area contributed by atoms with Gasteiger partial charge in [0.2, 0.25) is 0 Å². The molecule has 3 unspecified atom stereocenters. The summed E-state index contributed by atoms with van der Waals surface area (Å²) >= 11 is 0. The fraction of sp³-hybridized carbons (Fsp3) is 0.816. The number of rotatable bonds is 46. The fourth-order valence-electron chi connectivity index (χ4n) is 6.72. The summed E-state index contributed by atoms with van der Waals surface area (Å²) in [5.74, 6) is -2.39. The van der Waals surface area contributed by atoms with E-state index in [4.69, 9.17) is 24.8 Å². The number of carbonyl (C=O) groups excluding carboxylic acids is 2. The molecule has 0 aliphatic rings. The molecule has 12 heteroatoms. The highest BCUT2D eigenvalue weighted by atomic mass is 31.2. The second-order valence-corrected chi connectivity index (χ2v) is 18.0.